The summed E-state index contributed by atoms with van der Waals surface area (Å²) in [5, 5.41) is 13.1. The minimum atomic E-state index is -0.876. The fourth-order valence-corrected chi connectivity index (χ4v) is 4.17. The van der Waals surface area contributed by atoms with Crippen molar-refractivity contribution >= 4 is 39.8 Å². The third-order valence-electron chi connectivity index (χ3n) is 4.09. The van der Waals surface area contributed by atoms with E-state index in [0.717, 1.165) is 29.7 Å². The molecule has 0 bridgehead atoms. The van der Waals surface area contributed by atoms with Gasteiger partial charge in [-0.05, 0) is 56.0 Å². The Labute approximate surface area is 165 Å². The van der Waals surface area contributed by atoms with Crippen LogP contribution in [0.1, 0.15) is 29.3 Å². The van der Waals surface area contributed by atoms with E-state index < -0.39 is 24.6 Å². The van der Waals surface area contributed by atoms with Gasteiger partial charge in [0, 0.05) is 9.90 Å². The zero-order chi connectivity index (χ0) is 19.4. The number of hydrogen-bond acceptors (Lipinski definition) is 6. The maximum absolute atomic E-state index is 12.1. The first-order valence-electron chi connectivity index (χ1n) is 8.41. The highest BCUT2D eigenvalue weighted by Gasteiger charge is 2.24. The number of fused-ring (bicyclic) bond motifs is 1. The van der Waals surface area contributed by atoms with Gasteiger partial charge in [0.1, 0.15) is 16.8 Å². The zero-order valence-corrected chi connectivity index (χ0v) is 16.2. The van der Waals surface area contributed by atoms with Crippen LogP contribution in [0.15, 0.2) is 24.3 Å². The first kappa shape index (κ1) is 19.2. The van der Waals surface area contributed by atoms with E-state index in [9.17, 15) is 14.9 Å². The summed E-state index contributed by atoms with van der Waals surface area (Å²) in [4.78, 5) is 25.2. The number of halogens is 1. The van der Waals surface area contributed by atoms with Crippen molar-refractivity contribution in [2.45, 2.75) is 32.3 Å². The van der Waals surface area contributed by atoms with Crippen LogP contribution in [0.2, 0.25) is 5.02 Å². The quantitative estimate of drug-likeness (QED) is 0.741. The molecule has 0 spiro atoms. The summed E-state index contributed by atoms with van der Waals surface area (Å²) >= 11 is 7.21. The minimum Gasteiger partial charge on any atom is -0.479 e. The van der Waals surface area contributed by atoms with Crippen LogP contribution in [0.3, 0.4) is 0 Å². The lowest BCUT2D eigenvalue weighted by Gasteiger charge is -2.14. The maximum Gasteiger partial charge on any atom is 0.347 e. The zero-order valence-electron chi connectivity index (χ0n) is 14.6. The lowest BCUT2D eigenvalue weighted by Crippen LogP contribution is -2.29. The molecule has 0 radical (unpaired) electrons. The Kier molecular flexibility index (Phi) is 5.99. The summed E-state index contributed by atoms with van der Waals surface area (Å²) < 4.78 is 10.5. The Morgan fingerprint density at radius 1 is 1.33 bits per heavy atom. The fourth-order valence-electron chi connectivity index (χ4n) is 2.79. The fraction of sp³-hybridized carbons (Fsp3) is 0.316. The molecule has 0 unspecified atom stereocenters. The second-order valence-corrected chi connectivity index (χ2v) is 7.58. The number of aryl methyl sites for hydroxylation is 1. The molecule has 1 aliphatic carbocycles. The minimum absolute atomic E-state index is 0.444. The van der Waals surface area contributed by atoms with Crippen molar-refractivity contribution < 1.29 is 19.1 Å². The van der Waals surface area contributed by atoms with Crippen LogP contribution in [-0.4, -0.2) is 24.6 Å². The van der Waals surface area contributed by atoms with Crippen molar-refractivity contribution in [2.75, 3.05) is 11.9 Å². The van der Waals surface area contributed by atoms with E-state index in [1.807, 2.05) is 0 Å². The average molecular weight is 405 g/mol. The van der Waals surface area contributed by atoms with Crippen LogP contribution in [0.25, 0.3) is 0 Å². The molecule has 8 heteroatoms. The number of nitrogens with zero attached hydrogens (tertiary/aromatic N) is 1. The molecule has 1 atom stereocenters. The highest BCUT2D eigenvalue weighted by atomic mass is 35.5. The van der Waals surface area contributed by atoms with Crippen LogP contribution in [-0.2, 0) is 27.2 Å². The molecule has 1 N–H and O–H groups in total. The first-order chi connectivity index (χ1) is 13.0. The molecular formula is C19H17ClN2O4S. The van der Waals surface area contributed by atoms with Crippen molar-refractivity contribution in [3.8, 4) is 11.8 Å². The molecular weight excluding hydrogens is 388 g/mol. The Hall–Kier alpha value is -2.56. The number of hydrogen-bond donors (Lipinski definition) is 1. The normalized spacial score (nSPS) is 13.4. The summed E-state index contributed by atoms with van der Waals surface area (Å²) in [6, 6.07) is 8.72. The molecule has 1 aromatic carbocycles. The Morgan fingerprint density at radius 3 is 2.78 bits per heavy atom. The number of carbonyl (C=O) groups excluding carboxylic acids is 2. The Balaban J connectivity index is 1.51. The predicted molar refractivity (Wildman–Crippen MR) is 102 cm³/mol. The number of rotatable bonds is 6. The third kappa shape index (κ3) is 4.59. The summed E-state index contributed by atoms with van der Waals surface area (Å²) in [6.07, 6.45) is 1.95. The first-order valence-corrected chi connectivity index (χ1v) is 9.60. The van der Waals surface area contributed by atoms with Gasteiger partial charge in [-0.1, -0.05) is 11.6 Å². The van der Waals surface area contributed by atoms with E-state index in [-0.39, 0.29) is 0 Å². The van der Waals surface area contributed by atoms with Crippen molar-refractivity contribution in [2.24, 2.45) is 0 Å². The molecule has 0 saturated heterocycles. The van der Waals surface area contributed by atoms with Crippen LogP contribution in [0.4, 0.5) is 5.00 Å². The molecule has 1 aliphatic rings. The van der Waals surface area contributed by atoms with E-state index in [1.165, 1.54) is 18.3 Å². The lowest BCUT2D eigenvalue weighted by molar-refractivity contribution is -0.153. The average Bonchev–Trinajstić information content (AvgIpc) is 3.22. The number of nitriles is 1. The van der Waals surface area contributed by atoms with Gasteiger partial charge >= 0.3 is 5.97 Å². The molecule has 0 fully saturated rings. The van der Waals surface area contributed by atoms with E-state index in [2.05, 4.69) is 11.4 Å². The summed E-state index contributed by atoms with van der Waals surface area (Å²) in [7, 11) is 0. The number of carbonyl (C=O) groups is 2. The van der Waals surface area contributed by atoms with E-state index in [1.54, 1.807) is 24.3 Å². The lowest BCUT2D eigenvalue weighted by atomic mass is 10.1. The number of esters is 1. The van der Waals surface area contributed by atoms with E-state index in [0.29, 0.717) is 21.3 Å². The van der Waals surface area contributed by atoms with Crippen LogP contribution >= 0.6 is 22.9 Å². The van der Waals surface area contributed by atoms with Gasteiger partial charge in [-0.25, -0.2) is 4.79 Å². The van der Waals surface area contributed by atoms with Crippen LogP contribution in [0, 0.1) is 11.3 Å². The van der Waals surface area contributed by atoms with Crippen molar-refractivity contribution in [3.05, 3.63) is 45.3 Å². The summed E-state index contributed by atoms with van der Waals surface area (Å²) in [5.41, 5.74) is 1.55. The van der Waals surface area contributed by atoms with Crippen LogP contribution in [0.5, 0.6) is 5.75 Å². The molecule has 3 rings (SSSR count). The summed E-state index contributed by atoms with van der Waals surface area (Å²) in [5.74, 6) is -0.673. The van der Waals surface area contributed by atoms with Crippen molar-refractivity contribution in [1.82, 2.24) is 0 Å². The highest BCUT2D eigenvalue weighted by Crippen LogP contribution is 2.38. The monoisotopic (exact) mass is 404 g/mol. The number of anilines is 1. The van der Waals surface area contributed by atoms with E-state index >= 15 is 0 Å². The molecule has 2 aromatic rings. The van der Waals surface area contributed by atoms with Gasteiger partial charge in [0.05, 0.1) is 5.56 Å². The molecule has 0 saturated carbocycles. The molecule has 140 valence electrons. The molecule has 27 heavy (non-hydrogen) atoms. The van der Waals surface area contributed by atoms with Crippen molar-refractivity contribution in [1.29, 1.82) is 5.26 Å². The van der Waals surface area contributed by atoms with Gasteiger partial charge in [-0.15, -0.1) is 11.3 Å². The largest absolute Gasteiger partial charge is 0.479 e. The molecule has 1 heterocycles. The number of thiophene rings is 1. The SMILES string of the molecule is C[C@@H](Oc1ccc(Cl)cc1)C(=O)OCC(=O)Nc1sc2c(c1C#N)CCC2. The molecule has 6 nitrogen and oxygen atoms in total. The standard InChI is InChI=1S/C19H17ClN2O4S/c1-11(26-13-7-5-12(20)6-8-13)19(24)25-10-17(23)22-18-15(9-21)14-3-2-4-16(14)27-18/h5-8,11H,2-4,10H2,1H3,(H,22,23)/t11-/m1/s1. The second kappa shape index (κ2) is 8.42. The molecule has 1 amide bonds. The summed E-state index contributed by atoms with van der Waals surface area (Å²) in [6.45, 7) is 1.09. The van der Waals surface area contributed by atoms with Gasteiger partial charge in [0.15, 0.2) is 12.7 Å². The third-order valence-corrected chi connectivity index (χ3v) is 5.55. The Morgan fingerprint density at radius 2 is 2.07 bits per heavy atom. The highest BCUT2D eigenvalue weighted by molar-refractivity contribution is 7.16. The van der Waals surface area contributed by atoms with Gasteiger partial charge in [-0.3, -0.25) is 4.79 Å². The maximum atomic E-state index is 12.1. The van der Waals surface area contributed by atoms with Gasteiger partial charge < -0.3 is 14.8 Å². The van der Waals surface area contributed by atoms with Crippen LogP contribution < -0.4 is 10.1 Å². The van der Waals surface area contributed by atoms with Crippen molar-refractivity contribution in [3.63, 3.8) is 0 Å². The van der Waals surface area contributed by atoms with Gasteiger partial charge in [-0.2, -0.15) is 5.26 Å². The Bertz CT molecular complexity index is 902. The predicted octanol–water partition coefficient (Wildman–Crippen LogP) is 3.71. The number of benzene rings is 1. The topological polar surface area (TPSA) is 88.4 Å². The van der Waals surface area contributed by atoms with E-state index in [4.69, 9.17) is 21.1 Å². The number of nitrogens with one attached hydrogen (secondary N) is 1. The number of amides is 1. The smallest absolute Gasteiger partial charge is 0.347 e. The van der Waals surface area contributed by atoms with Gasteiger partial charge in [0.25, 0.3) is 5.91 Å². The number of ether oxygens (including phenoxy) is 2. The molecule has 0 aliphatic heterocycles. The second-order valence-electron chi connectivity index (χ2n) is 6.04. The van der Waals surface area contributed by atoms with Gasteiger partial charge in [0.2, 0.25) is 0 Å². The molecule has 1 aromatic heterocycles.